The van der Waals surface area contributed by atoms with Crippen LogP contribution >= 0.6 is 12.4 Å². The van der Waals surface area contributed by atoms with Gasteiger partial charge < -0.3 is 20.3 Å². The number of methoxy groups -OCH3 is 1. The van der Waals surface area contributed by atoms with Gasteiger partial charge in [-0.05, 0) is 62.4 Å². The lowest BCUT2D eigenvalue weighted by Crippen LogP contribution is -2.43. The standard InChI is InChI=1S/C21H31N3O3.ClH/c1-27-19-5-2-16(3-6-19)15-23-21(26)18-9-12-24(13-10-18)20(25)7-4-17-8-11-22-14-17;/h2-3,5-6,17-18,22H,4,7-15H2,1H3,(H,23,26);1H. The summed E-state index contributed by atoms with van der Waals surface area (Å²) in [4.78, 5) is 26.8. The first-order valence-corrected chi connectivity index (χ1v) is 10.0. The van der Waals surface area contributed by atoms with Crippen molar-refractivity contribution >= 4 is 24.2 Å². The average molecular weight is 410 g/mol. The van der Waals surface area contributed by atoms with Crippen LogP contribution in [-0.4, -0.2) is 50.0 Å². The van der Waals surface area contributed by atoms with Crippen LogP contribution in [0.25, 0.3) is 0 Å². The number of nitrogens with one attached hydrogen (secondary N) is 2. The van der Waals surface area contributed by atoms with Gasteiger partial charge in [0, 0.05) is 32.0 Å². The van der Waals surface area contributed by atoms with Crippen molar-refractivity contribution in [1.29, 1.82) is 0 Å². The van der Waals surface area contributed by atoms with E-state index in [1.54, 1.807) is 7.11 Å². The highest BCUT2D eigenvalue weighted by atomic mass is 35.5. The van der Waals surface area contributed by atoms with Crippen molar-refractivity contribution in [1.82, 2.24) is 15.5 Å². The van der Waals surface area contributed by atoms with Gasteiger partial charge in [0.25, 0.3) is 0 Å². The van der Waals surface area contributed by atoms with E-state index in [0.29, 0.717) is 32.0 Å². The smallest absolute Gasteiger partial charge is 0.223 e. The lowest BCUT2D eigenvalue weighted by molar-refractivity contribution is -0.135. The predicted octanol–water partition coefficient (Wildman–Crippen LogP) is 2.36. The topological polar surface area (TPSA) is 70.7 Å². The maximum atomic E-state index is 12.4. The maximum Gasteiger partial charge on any atom is 0.223 e. The molecule has 0 radical (unpaired) electrons. The summed E-state index contributed by atoms with van der Waals surface area (Å²) in [5, 5.41) is 6.37. The van der Waals surface area contributed by atoms with E-state index in [-0.39, 0.29) is 30.1 Å². The molecule has 2 aliphatic rings. The molecular weight excluding hydrogens is 378 g/mol. The number of nitrogens with zero attached hydrogens (tertiary/aromatic N) is 1. The predicted molar refractivity (Wildman–Crippen MR) is 112 cm³/mol. The summed E-state index contributed by atoms with van der Waals surface area (Å²) < 4.78 is 5.14. The molecule has 2 amide bonds. The number of hydrogen-bond acceptors (Lipinski definition) is 4. The molecule has 156 valence electrons. The first-order valence-electron chi connectivity index (χ1n) is 10.0. The Morgan fingerprint density at radius 2 is 1.89 bits per heavy atom. The number of halogens is 1. The molecular formula is C21H32ClN3O3. The fourth-order valence-electron chi connectivity index (χ4n) is 3.91. The molecule has 0 aliphatic carbocycles. The molecule has 1 atom stereocenters. The van der Waals surface area contributed by atoms with Crippen LogP contribution < -0.4 is 15.4 Å². The zero-order valence-electron chi connectivity index (χ0n) is 16.6. The third-order valence-electron chi connectivity index (χ3n) is 5.77. The molecule has 0 spiro atoms. The minimum absolute atomic E-state index is 0. The zero-order valence-corrected chi connectivity index (χ0v) is 17.4. The van der Waals surface area contributed by atoms with Crippen molar-refractivity contribution in [2.45, 2.75) is 38.6 Å². The Labute approximate surface area is 173 Å². The van der Waals surface area contributed by atoms with E-state index in [1.807, 2.05) is 29.2 Å². The quantitative estimate of drug-likeness (QED) is 0.725. The number of carbonyl (C=O) groups is 2. The van der Waals surface area contributed by atoms with Crippen LogP contribution in [0.2, 0.25) is 0 Å². The Bertz CT molecular complexity index is 624. The van der Waals surface area contributed by atoms with E-state index >= 15 is 0 Å². The van der Waals surface area contributed by atoms with Crippen LogP contribution in [0.5, 0.6) is 5.75 Å². The molecule has 28 heavy (non-hydrogen) atoms. The largest absolute Gasteiger partial charge is 0.497 e. The summed E-state index contributed by atoms with van der Waals surface area (Å²) in [5.41, 5.74) is 1.05. The molecule has 3 rings (SSSR count). The van der Waals surface area contributed by atoms with Gasteiger partial charge in [0.2, 0.25) is 11.8 Å². The molecule has 2 saturated heterocycles. The summed E-state index contributed by atoms with van der Waals surface area (Å²) >= 11 is 0. The number of piperidine rings is 1. The SMILES string of the molecule is COc1ccc(CNC(=O)C2CCN(C(=O)CCC3CCNC3)CC2)cc1.Cl. The second-order valence-corrected chi connectivity index (χ2v) is 7.62. The second-order valence-electron chi connectivity index (χ2n) is 7.62. The molecule has 2 aliphatic heterocycles. The first-order chi connectivity index (χ1) is 13.2. The zero-order chi connectivity index (χ0) is 19.1. The molecule has 0 bridgehead atoms. The van der Waals surface area contributed by atoms with Crippen molar-refractivity contribution in [3.05, 3.63) is 29.8 Å². The van der Waals surface area contributed by atoms with Gasteiger partial charge in [-0.25, -0.2) is 0 Å². The van der Waals surface area contributed by atoms with Crippen LogP contribution in [0.1, 0.15) is 37.7 Å². The molecule has 0 saturated carbocycles. The number of hydrogen-bond donors (Lipinski definition) is 2. The lowest BCUT2D eigenvalue weighted by Gasteiger charge is -2.31. The molecule has 2 N–H and O–H groups in total. The number of amides is 2. The van der Waals surface area contributed by atoms with E-state index in [4.69, 9.17) is 4.74 Å². The van der Waals surface area contributed by atoms with Gasteiger partial charge >= 0.3 is 0 Å². The van der Waals surface area contributed by atoms with Gasteiger partial charge in [-0.1, -0.05) is 12.1 Å². The third-order valence-corrected chi connectivity index (χ3v) is 5.77. The molecule has 2 fully saturated rings. The van der Waals surface area contributed by atoms with Crippen LogP contribution in [0, 0.1) is 11.8 Å². The molecule has 1 aromatic rings. The number of rotatable bonds is 7. The Hall–Kier alpha value is -1.79. The van der Waals surface area contributed by atoms with Gasteiger partial charge in [0.15, 0.2) is 0 Å². The highest BCUT2D eigenvalue weighted by Crippen LogP contribution is 2.21. The van der Waals surface area contributed by atoms with Crippen LogP contribution in [0.15, 0.2) is 24.3 Å². The summed E-state index contributed by atoms with van der Waals surface area (Å²) in [7, 11) is 1.64. The highest BCUT2D eigenvalue weighted by molar-refractivity contribution is 5.85. The summed E-state index contributed by atoms with van der Waals surface area (Å²) in [6.45, 7) is 4.04. The number of likely N-dealkylation sites (tertiary alicyclic amines) is 1. The minimum atomic E-state index is 0. The van der Waals surface area contributed by atoms with Crippen molar-refractivity contribution in [2.75, 3.05) is 33.3 Å². The molecule has 6 nitrogen and oxygen atoms in total. The monoisotopic (exact) mass is 409 g/mol. The summed E-state index contributed by atoms with van der Waals surface area (Å²) in [6, 6.07) is 7.71. The maximum absolute atomic E-state index is 12.4. The Morgan fingerprint density at radius 1 is 1.18 bits per heavy atom. The molecule has 1 aromatic carbocycles. The van der Waals surface area contributed by atoms with E-state index in [0.717, 1.165) is 43.7 Å². The summed E-state index contributed by atoms with van der Waals surface area (Å²) in [6.07, 6.45) is 4.31. The minimum Gasteiger partial charge on any atom is -0.497 e. The molecule has 2 heterocycles. The van der Waals surface area contributed by atoms with Gasteiger partial charge in [0.1, 0.15) is 5.75 Å². The normalized spacial score (nSPS) is 19.8. The fourth-order valence-corrected chi connectivity index (χ4v) is 3.91. The van der Waals surface area contributed by atoms with E-state index < -0.39 is 0 Å². The molecule has 7 heteroatoms. The highest BCUT2D eigenvalue weighted by Gasteiger charge is 2.27. The lowest BCUT2D eigenvalue weighted by atomic mass is 9.95. The Balaban J connectivity index is 0.00000280. The van der Waals surface area contributed by atoms with Crippen LogP contribution in [0.3, 0.4) is 0 Å². The number of carbonyl (C=O) groups excluding carboxylic acids is 2. The Kier molecular flexibility index (Phi) is 9.06. The van der Waals surface area contributed by atoms with Crippen molar-refractivity contribution in [2.24, 2.45) is 11.8 Å². The van der Waals surface area contributed by atoms with E-state index in [2.05, 4.69) is 10.6 Å². The number of ether oxygens (including phenoxy) is 1. The van der Waals surface area contributed by atoms with Crippen molar-refractivity contribution in [3.8, 4) is 5.75 Å². The third kappa shape index (κ3) is 6.38. The van der Waals surface area contributed by atoms with Crippen LogP contribution in [-0.2, 0) is 16.1 Å². The molecule has 0 aromatic heterocycles. The van der Waals surface area contributed by atoms with Gasteiger partial charge in [0.05, 0.1) is 7.11 Å². The van der Waals surface area contributed by atoms with Crippen LogP contribution in [0.4, 0.5) is 0 Å². The first kappa shape index (κ1) is 22.5. The van der Waals surface area contributed by atoms with Gasteiger partial charge in [-0.2, -0.15) is 0 Å². The number of benzene rings is 1. The second kappa shape index (κ2) is 11.3. The average Bonchev–Trinajstić information content (AvgIpc) is 3.24. The fraction of sp³-hybridized carbons (Fsp3) is 0.619. The summed E-state index contributed by atoms with van der Waals surface area (Å²) in [5.74, 6) is 1.81. The van der Waals surface area contributed by atoms with Crippen molar-refractivity contribution in [3.63, 3.8) is 0 Å². The van der Waals surface area contributed by atoms with E-state index in [9.17, 15) is 9.59 Å². The molecule has 1 unspecified atom stereocenters. The van der Waals surface area contributed by atoms with Crippen molar-refractivity contribution < 1.29 is 14.3 Å². The Morgan fingerprint density at radius 3 is 2.50 bits per heavy atom. The van der Waals surface area contributed by atoms with Gasteiger partial charge in [-0.15, -0.1) is 12.4 Å². The van der Waals surface area contributed by atoms with E-state index in [1.165, 1.54) is 6.42 Å². The van der Waals surface area contributed by atoms with Gasteiger partial charge in [-0.3, -0.25) is 9.59 Å².